The number of aromatic nitrogens is 1. The van der Waals surface area contributed by atoms with Gasteiger partial charge in [0.15, 0.2) is 0 Å². The Bertz CT molecular complexity index is 1370. The molecule has 190 valence electrons. The van der Waals surface area contributed by atoms with Gasteiger partial charge in [-0.2, -0.15) is 0 Å². The van der Waals surface area contributed by atoms with Crippen LogP contribution in [0.4, 0.5) is 10.5 Å². The van der Waals surface area contributed by atoms with Crippen molar-refractivity contribution in [1.29, 1.82) is 0 Å². The molecule has 2 aliphatic rings. The molecule has 0 saturated carbocycles. The molecule has 2 aliphatic heterocycles. The van der Waals surface area contributed by atoms with E-state index >= 15 is 0 Å². The molecule has 0 spiro atoms. The number of imide groups is 1. The molecular formula is C28H28N4O4S. The Morgan fingerprint density at radius 2 is 1.59 bits per heavy atom. The van der Waals surface area contributed by atoms with E-state index in [2.05, 4.69) is 5.32 Å². The molecule has 2 fully saturated rings. The fourth-order valence-electron chi connectivity index (χ4n) is 4.73. The molecule has 0 aliphatic carbocycles. The summed E-state index contributed by atoms with van der Waals surface area (Å²) >= 11 is 0.842. The first kappa shape index (κ1) is 24.8. The number of carbonyl (C=O) groups excluding carboxylic acids is 4. The van der Waals surface area contributed by atoms with E-state index in [-0.39, 0.29) is 29.8 Å². The summed E-state index contributed by atoms with van der Waals surface area (Å²) < 4.78 is 1.83. The molecule has 1 N–H and O–H groups in total. The summed E-state index contributed by atoms with van der Waals surface area (Å²) in [5.41, 5.74) is 2.28. The van der Waals surface area contributed by atoms with Gasteiger partial charge in [0.2, 0.25) is 11.8 Å². The number of hydrogen-bond acceptors (Lipinski definition) is 5. The van der Waals surface area contributed by atoms with E-state index < -0.39 is 11.1 Å². The van der Waals surface area contributed by atoms with Crippen LogP contribution in [0.3, 0.4) is 0 Å². The van der Waals surface area contributed by atoms with Gasteiger partial charge in [0, 0.05) is 41.4 Å². The van der Waals surface area contributed by atoms with Crippen molar-refractivity contribution in [2.24, 2.45) is 0 Å². The van der Waals surface area contributed by atoms with Crippen molar-refractivity contribution >= 4 is 57.4 Å². The van der Waals surface area contributed by atoms with Gasteiger partial charge in [-0.1, -0.05) is 49.2 Å². The van der Waals surface area contributed by atoms with E-state index in [4.69, 9.17) is 0 Å². The van der Waals surface area contributed by atoms with Gasteiger partial charge in [0.25, 0.3) is 11.1 Å². The van der Waals surface area contributed by atoms with E-state index in [1.165, 1.54) is 0 Å². The highest BCUT2D eigenvalue weighted by Crippen LogP contribution is 2.34. The first-order chi connectivity index (χ1) is 18.0. The van der Waals surface area contributed by atoms with Crippen LogP contribution in [-0.2, 0) is 20.9 Å². The Balaban J connectivity index is 1.34. The molecule has 0 unspecified atom stereocenters. The predicted octanol–water partition coefficient (Wildman–Crippen LogP) is 4.72. The fraction of sp³-hybridized carbons (Fsp3) is 0.286. The zero-order valence-corrected chi connectivity index (χ0v) is 21.2. The third-order valence-corrected chi connectivity index (χ3v) is 7.51. The molecule has 0 atom stereocenters. The number of hydrogen-bond donors (Lipinski definition) is 1. The summed E-state index contributed by atoms with van der Waals surface area (Å²) in [6.45, 7) is 1.20. The highest BCUT2D eigenvalue weighted by molar-refractivity contribution is 8.18. The summed E-state index contributed by atoms with van der Waals surface area (Å²) in [5, 5.41) is 3.31. The largest absolute Gasteiger partial charge is 0.341 e. The second-order valence-electron chi connectivity index (χ2n) is 9.21. The Morgan fingerprint density at radius 3 is 2.35 bits per heavy atom. The molecule has 0 bridgehead atoms. The number of para-hydroxylation sites is 2. The van der Waals surface area contributed by atoms with Crippen molar-refractivity contribution in [3.63, 3.8) is 0 Å². The van der Waals surface area contributed by atoms with Crippen LogP contribution in [-0.4, -0.2) is 57.0 Å². The van der Waals surface area contributed by atoms with Crippen LogP contribution in [0.1, 0.15) is 31.2 Å². The zero-order valence-electron chi connectivity index (χ0n) is 20.4. The Labute approximate surface area is 219 Å². The van der Waals surface area contributed by atoms with Crippen molar-refractivity contribution in [2.45, 2.75) is 32.2 Å². The van der Waals surface area contributed by atoms with E-state index in [0.29, 0.717) is 18.8 Å². The number of nitrogens with zero attached hydrogens (tertiary/aromatic N) is 3. The number of rotatable bonds is 6. The van der Waals surface area contributed by atoms with E-state index in [1.54, 1.807) is 11.0 Å². The number of thioether (sulfide) groups is 1. The molecule has 1 aromatic heterocycles. The maximum Gasteiger partial charge on any atom is 0.294 e. The summed E-state index contributed by atoms with van der Waals surface area (Å²) in [7, 11) is 0. The van der Waals surface area contributed by atoms with Crippen molar-refractivity contribution in [2.75, 3.05) is 25.0 Å². The minimum absolute atomic E-state index is 0.0923. The Hall–Kier alpha value is -3.85. The van der Waals surface area contributed by atoms with Gasteiger partial charge in [-0.05, 0) is 48.9 Å². The maximum absolute atomic E-state index is 13.1. The molecule has 37 heavy (non-hydrogen) atoms. The second kappa shape index (κ2) is 11.0. The predicted molar refractivity (Wildman–Crippen MR) is 145 cm³/mol. The van der Waals surface area contributed by atoms with Crippen LogP contribution in [0.5, 0.6) is 0 Å². The lowest BCUT2D eigenvalue weighted by Crippen LogP contribution is -2.42. The SMILES string of the molecule is O=C(Cn1cc(C=C2SC(=O)N(CC(=O)N3CCCCCC3)C2=O)c2ccccc21)Nc1ccccc1. The van der Waals surface area contributed by atoms with Gasteiger partial charge in [-0.25, -0.2) is 0 Å². The highest BCUT2D eigenvalue weighted by Gasteiger charge is 2.37. The van der Waals surface area contributed by atoms with Crippen molar-refractivity contribution < 1.29 is 19.2 Å². The molecule has 0 radical (unpaired) electrons. The number of nitrogens with one attached hydrogen (secondary N) is 1. The number of benzene rings is 2. The lowest BCUT2D eigenvalue weighted by Gasteiger charge is -2.22. The Kier molecular flexibility index (Phi) is 7.41. The minimum Gasteiger partial charge on any atom is -0.341 e. The smallest absolute Gasteiger partial charge is 0.294 e. The van der Waals surface area contributed by atoms with Crippen LogP contribution in [0, 0.1) is 0 Å². The Morgan fingerprint density at radius 1 is 0.892 bits per heavy atom. The van der Waals surface area contributed by atoms with Crippen molar-refractivity contribution in [3.05, 3.63) is 71.3 Å². The van der Waals surface area contributed by atoms with Gasteiger partial charge >= 0.3 is 0 Å². The van der Waals surface area contributed by atoms with Crippen molar-refractivity contribution in [1.82, 2.24) is 14.4 Å². The summed E-state index contributed by atoms with van der Waals surface area (Å²) in [6.07, 6.45) is 7.56. The average Bonchev–Trinajstić information content (AvgIpc) is 3.20. The van der Waals surface area contributed by atoms with Crippen LogP contribution in [0.15, 0.2) is 65.7 Å². The number of anilines is 1. The standard InChI is InChI=1S/C28H28N4O4S/c33-25(29-21-10-4-3-5-11-21)18-31-17-20(22-12-6-7-13-23(22)31)16-24-27(35)32(28(36)37-24)19-26(34)30-14-8-1-2-9-15-30/h3-7,10-13,16-17H,1-2,8-9,14-15,18-19H2,(H,29,33). The fourth-order valence-corrected chi connectivity index (χ4v) is 5.56. The molecular weight excluding hydrogens is 488 g/mol. The number of fused-ring (bicyclic) bond motifs is 1. The van der Waals surface area contributed by atoms with Gasteiger partial charge in [-0.3, -0.25) is 24.1 Å². The first-order valence-corrected chi connectivity index (χ1v) is 13.3. The minimum atomic E-state index is -0.461. The van der Waals surface area contributed by atoms with Gasteiger partial charge < -0.3 is 14.8 Å². The first-order valence-electron chi connectivity index (χ1n) is 12.5. The topological polar surface area (TPSA) is 91.7 Å². The quantitative estimate of drug-likeness (QED) is 0.479. The summed E-state index contributed by atoms with van der Waals surface area (Å²) in [4.78, 5) is 54.3. The molecule has 3 aromatic rings. The molecule has 5 rings (SSSR count). The van der Waals surface area contributed by atoms with Gasteiger partial charge in [0.05, 0.1) is 4.91 Å². The maximum atomic E-state index is 13.1. The molecule has 2 saturated heterocycles. The summed E-state index contributed by atoms with van der Waals surface area (Å²) in [5.74, 6) is -0.825. The molecule has 3 heterocycles. The van der Waals surface area contributed by atoms with E-state index in [9.17, 15) is 19.2 Å². The molecule has 9 heteroatoms. The number of amides is 4. The molecule has 2 aromatic carbocycles. The van der Waals surface area contributed by atoms with Crippen LogP contribution in [0.2, 0.25) is 0 Å². The highest BCUT2D eigenvalue weighted by atomic mass is 32.2. The number of carbonyl (C=O) groups is 4. The lowest BCUT2D eigenvalue weighted by atomic mass is 10.1. The zero-order chi connectivity index (χ0) is 25.8. The number of likely N-dealkylation sites (tertiary alicyclic amines) is 1. The van der Waals surface area contributed by atoms with Gasteiger partial charge in [0.1, 0.15) is 13.1 Å². The van der Waals surface area contributed by atoms with Crippen LogP contribution >= 0.6 is 11.8 Å². The normalized spacial score (nSPS) is 17.5. The van der Waals surface area contributed by atoms with Crippen LogP contribution in [0.25, 0.3) is 17.0 Å². The molecule has 4 amide bonds. The third kappa shape index (κ3) is 5.61. The second-order valence-corrected chi connectivity index (χ2v) is 10.2. The van der Waals surface area contributed by atoms with Crippen molar-refractivity contribution in [3.8, 4) is 0 Å². The monoisotopic (exact) mass is 516 g/mol. The summed E-state index contributed by atoms with van der Waals surface area (Å²) in [6, 6.07) is 16.8. The average molecular weight is 517 g/mol. The van der Waals surface area contributed by atoms with Crippen LogP contribution < -0.4 is 5.32 Å². The molecule has 8 nitrogen and oxygen atoms in total. The van der Waals surface area contributed by atoms with E-state index in [0.717, 1.165) is 58.8 Å². The van der Waals surface area contributed by atoms with Gasteiger partial charge in [-0.15, -0.1) is 0 Å². The lowest BCUT2D eigenvalue weighted by molar-refractivity contribution is -0.135. The van der Waals surface area contributed by atoms with E-state index in [1.807, 2.05) is 65.4 Å². The third-order valence-electron chi connectivity index (χ3n) is 6.60.